The van der Waals surface area contributed by atoms with Crippen molar-refractivity contribution in [3.8, 4) is 0 Å². The van der Waals surface area contributed by atoms with E-state index >= 15 is 0 Å². The molecule has 3 heterocycles. The van der Waals surface area contributed by atoms with E-state index in [1.54, 1.807) is 0 Å². The van der Waals surface area contributed by atoms with Gasteiger partial charge in [-0.25, -0.2) is 4.98 Å². The fraction of sp³-hybridized carbons (Fsp3) is 0.350. The van der Waals surface area contributed by atoms with Crippen LogP contribution in [-0.4, -0.2) is 40.1 Å². The van der Waals surface area contributed by atoms with E-state index < -0.39 is 0 Å². The van der Waals surface area contributed by atoms with Crippen LogP contribution in [0.15, 0.2) is 40.9 Å². The van der Waals surface area contributed by atoms with E-state index in [0.29, 0.717) is 23.0 Å². The molecule has 4 rings (SSSR count). The zero-order chi connectivity index (χ0) is 18.1. The van der Waals surface area contributed by atoms with Gasteiger partial charge in [-0.05, 0) is 44.9 Å². The van der Waals surface area contributed by atoms with Gasteiger partial charge in [0, 0.05) is 30.5 Å². The number of benzene rings is 1. The highest BCUT2D eigenvalue weighted by Gasteiger charge is 2.26. The highest BCUT2D eigenvalue weighted by Crippen LogP contribution is 2.25. The Hall–Kier alpha value is -2.89. The number of hydrogen-bond acceptors (Lipinski definition) is 5. The third-order valence-corrected chi connectivity index (χ3v) is 4.90. The predicted octanol–water partition coefficient (Wildman–Crippen LogP) is 3.56. The summed E-state index contributed by atoms with van der Waals surface area (Å²) in [5.41, 5.74) is 3.67. The lowest BCUT2D eigenvalue weighted by molar-refractivity contribution is 0.0720. The van der Waals surface area contributed by atoms with Crippen LogP contribution < -0.4 is 5.32 Å². The Morgan fingerprint density at radius 2 is 1.92 bits per heavy atom. The van der Waals surface area contributed by atoms with Crippen LogP contribution in [0.4, 0.5) is 5.69 Å². The Kier molecular flexibility index (Phi) is 4.32. The molecule has 1 saturated heterocycles. The number of piperidine rings is 1. The van der Waals surface area contributed by atoms with Crippen LogP contribution in [-0.2, 0) is 0 Å². The molecule has 1 amide bonds. The lowest BCUT2D eigenvalue weighted by Crippen LogP contribution is -2.42. The Morgan fingerprint density at radius 3 is 2.65 bits per heavy atom. The molecule has 0 radical (unpaired) electrons. The molecule has 0 spiro atoms. The number of carbonyl (C=O) groups excluding carboxylic acids is 1. The first kappa shape index (κ1) is 16.6. The number of carbonyl (C=O) groups is 1. The van der Waals surface area contributed by atoms with Gasteiger partial charge in [0.05, 0.1) is 16.6 Å². The van der Waals surface area contributed by atoms with Gasteiger partial charge in [0.15, 0.2) is 0 Å². The molecule has 0 saturated carbocycles. The van der Waals surface area contributed by atoms with E-state index in [2.05, 4.69) is 27.6 Å². The van der Waals surface area contributed by atoms with Gasteiger partial charge in [0.2, 0.25) is 0 Å². The molecule has 0 bridgehead atoms. The van der Waals surface area contributed by atoms with Crippen molar-refractivity contribution in [2.75, 3.05) is 18.4 Å². The fourth-order valence-electron chi connectivity index (χ4n) is 3.55. The second-order valence-corrected chi connectivity index (χ2v) is 6.84. The maximum Gasteiger partial charge on any atom is 0.258 e. The Balaban J connectivity index is 1.48. The summed E-state index contributed by atoms with van der Waals surface area (Å²) in [7, 11) is 0. The van der Waals surface area contributed by atoms with E-state index in [-0.39, 0.29) is 5.91 Å². The molecule has 6 heteroatoms. The molecule has 0 aliphatic carbocycles. The number of rotatable bonds is 3. The quantitative estimate of drug-likeness (QED) is 0.782. The number of aromatic nitrogens is 2. The predicted molar refractivity (Wildman–Crippen MR) is 100 cm³/mol. The zero-order valence-corrected chi connectivity index (χ0v) is 15.0. The normalized spacial score (nSPS) is 15.4. The Labute approximate surface area is 152 Å². The lowest BCUT2D eigenvalue weighted by Gasteiger charge is -2.33. The van der Waals surface area contributed by atoms with Gasteiger partial charge in [-0.15, -0.1) is 0 Å². The zero-order valence-electron chi connectivity index (χ0n) is 15.0. The molecular weight excluding hydrogens is 328 g/mol. The van der Waals surface area contributed by atoms with Crippen molar-refractivity contribution in [1.29, 1.82) is 0 Å². The van der Waals surface area contributed by atoms with Crippen LogP contribution >= 0.6 is 0 Å². The molecule has 1 aliphatic rings. The number of pyridine rings is 1. The average molecular weight is 350 g/mol. The van der Waals surface area contributed by atoms with E-state index in [4.69, 9.17) is 4.52 Å². The second kappa shape index (κ2) is 6.78. The average Bonchev–Trinajstić information content (AvgIpc) is 3.03. The summed E-state index contributed by atoms with van der Waals surface area (Å²) < 4.78 is 5.25. The number of likely N-dealkylation sites (tertiary alicyclic amines) is 1. The molecule has 6 nitrogen and oxygen atoms in total. The Morgan fingerprint density at radius 1 is 1.19 bits per heavy atom. The molecule has 1 fully saturated rings. The molecule has 134 valence electrons. The van der Waals surface area contributed by atoms with Gasteiger partial charge in [-0.2, -0.15) is 0 Å². The summed E-state index contributed by atoms with van der Waals surface area (Å²) in [4.78, 5) is 19.3. The number of nitrogens with one attached hydrogen (secondary N) is 1. The number of nitrogens with zero attached hydrogens (tertiary/aromatic N) is 3. The van der Waals surface area contributed by atoms with Crippen LogP contribution in [0, 0.1) is 13.8 Å². The smallest absolute Gasteiger partial charge is 0.258 e. The number of para-hydroxylation sites is 1. The third-order valence-electron chi connectivity index (χ3n) is 4.90. The van der Waals surface area contributed by atoms with Crippen molar-refractivity contribution >= 4 is 22.7 Å². The molecule has 1 aliphatic heterocycles. The standard InChI is InChI=1S/C20H22N4O2/c1-13-12-17(18-14(2)23-26-19(18)21-13)20(25)24-10-8-16(9-11-24)22-15-6-4-3-5-7-15/h3-7,12,16,22H,8-11H2,1-2H3. The van der Waals surface area contributed by atoms with Gasteiger partial charge in [-0.3, -0.25) is 4.79 Å². The molecular formula is C20H22N4O2. The molecule has 0 unspecified atom stereocenters. The molecule has 26 heavy (non-hydrogen) atoms. The van der Waals surface area contributed by atoms with E-state index in [1.165, 1.54) is 0 Å². The van der Waals surface area contributed by atoms with E-state index in [0.717, 1.165) is 42.7 Å². The molecule has 2 aromatic heterocycles. The molecule has 1 N–H and O–H groups in total. The SMILES string of the molecule is Cc1cc(C(=O)N2CCC(Nc3ccccc3)CC2)c2c(C)noc2n1. The number of aryl methyl sites for hydroxylation is 2. The summed E-state index contributed by atoms with van der Waals surface area (Å²) in [5, 5.41) is 8.24. The summed E-state index contributed by atoms with van der Waals surface area (Å²) in [5.74, 6) is 0.0324. The minimum Gasteiger partial charge on any atom is -0.382 e. The topological polar surface area (TPSA) is 71.3 Å². The highest BCUT2D eigenvalue weighted by molar-refractivity contribution is 6.06. The first-order chi connectivity index (χ1) is 12.6. The minimum atomic E-state index is 0.0324. The maximum atomic E-state index is 13.1. The van der Waals surface area contributed by atoms with Crippen LogP contribution in [0.5, 0.6) is 0 Å². The fourth-order valence-corrected chi connectivity index (χ4v) is 3.55. The molecule has 1 aromatic carbocycles. The number of fused-ring (bicyclic) bond motifs is 1. The second-order valence-electron chi connectivity index (χ2n) is 6.84. The van der Waals surface area contributed by atoms with Crippen LogP contribution in [0.2, 0.25) is 0 Å². The van der Waals surface area contributed by atoms with Gasteiger partial charge in [-0.1, -0.05) is 23.4 Å². The maximum absolute atomic E-state index is 13.1. The first-order valence-corrected chi connectivity index (χ1v) is 8.96. The number of anilines is 1. The van der Waals surface area contributed by atoms with Crippen LogP contribution in [0.25, 0.3) is 11.1 Å². The summed E-state index contributed by atoms with van der Waals surface area (Å²) in [6.45, 7) is 5.17. The first-order valence-electron chi connectivity index (χ1n) is 8.96. The van der Waals surface area contributed by atoms with Gasteiger partial charge >= 0.3 is 0 Å². The summed E-state index contributed by atoms with van der Waals surface area (Å²) in [6, 6.07) is 12.4. The van der Waals surface area contributed by atoms with Crippen molar-refractivity contribution < 1.29 is 9.32 Å². The largest absolute Gasteiger partial charge is 0.382 e. The third kappa shape index (κ3) is 3.14. The van der Waals surface area contributed by atoms with Crippen molar-refractivity contribution in [3.63, 3.8) is 0 Å². The van der Waals surface area contributed by atoms with Crippen molar-refractivity contribution in [2.45, 2.75) is 32.7 Å². The molecule has 3 aromatic rings. The summed E-state index contributed by atoms with van der Waals surface area (Å²) >= 11 is 0. The highest BCUT2D eigenvalue weighted by atomic mass is 16.5. The lowest BCUT2D eigenvalue weighted by atomic mass is 10.0. The molecule has 0 atom stereocenters. The number of amides is 1. The number of hydrogen-bond donors (Lipinski definition) is 1. The van der Waals surface area contributed by atoms with Gasteiger partial charge in [0.1, 0.15) is 0 Å². The van der Waals surface area contributed by atoms with Crippen molar-refractivity contribution in [1.82, 2.24) is 15.0 Å². The van der Waals surface area contributed by atoms with Crippen LogP contribution in [0.1, 0.15) is 34.6 Å². The van der Waals surface area contributed by atoms with Crippen molar-refractivity contribution in [3.05, 3.63) is 53.3 Å². The van der Waals surface area contributed by atoms with Crippen molar-refractivity contribution in [2.24, 2.45) is 0 Å². The summed E-state index contributed by atoms with van der Waals surface area (Å²) in [6.07, 6.45) is 1.85. The van der Waals surface area contributed by atoms with Crippen LogP contribution in [0.3, 0.4) is 0 Å². The Bertz CT molecular complexity index is 928. The van der Waals surface area contributed by atoms with Gasteiger partial charge < -0.3 is 14.7 Å². The van der Waals surface area contributed by atoms with E-state index in [9.17, 15) is 4.79 Å². The van der Waals surface area contributed by atoms with E-state index in [1.807, 2.05) is 43.0 Å². The van der Waals surface area contributed by atoms with Gasteiger partial charge in [0.25, 0.3) is 11.6 Å². The monoisotopic (exact) mass is 350 g/mol. The minimum absolute atomic E-state index is 0.0324.